The monoisotopic (exact) mass is 365 g/mol. The largest absolute Gasteiger partial charge is 0.497 e. The number of nitrogens with zero attached hydrogens (tertiary/aromatic N) is 2. The van der Waals surface area contributed by atoms with Crippen LogP contribution in [0.4, 0.5) is 11.4 Å². The summed E-state index contributed by atoms with van der Waals surface area (Å²) in [6.45, 7) is 7.52. The Morgan fingerprint density at radius 2 is 1.93 bits per heavy atom. The topological polar surface area (TPSA) is 73.3 Å². The minimum atomic E-state index is -0.423. The summed E-state index contributed by atoms with van der Waals surface area (Å²) in [5.74, 6) is 0.350. The number of hydrogen-bond acceptors (Lipinski definition) is 6. The van der Waals surface area contributed by atoms with Crippen LogP contribution in [0.15, 0.2) is 36.5 Å². The molecule has 0 fully saturated rings. The van der Waals surface area contributed by atoms with E-state index < -0.39 is 5.97 Å². The summed E-state index contributed by atoms with van der Waals surface area (Å²) in [5, 5.41) is 4.13. The van der Waals surface area contributed by atoms with Gasteiger partial charge < -0.3 is 14.8 Å². The summed E-state index contributed by atoms with van der Waals surface area (Å²) in [6, 6.07) is 9.53. The van der Waals surface area contributed by atoms with E-state index in [1.54, 1.807) is 7.11 Å². The molecule has 2 heterocycles. The molecular weight excluding hydrogens is 342 g/mol. The third-order valence-electron chi connectivity index (χ3n) is 4.12. The summed E-state index contributed by atoms with van der Waals surface area (Å²) in [5.41, 5.74) is 4.29. The summed E-state index contributed by atoms with van der Waals surface area (Å²) < 4.78 is 10.7. The molecule has 1 N–H and O–H groups in total. The van der Waals surface area contributed by atoms with Crippen molar-refractivity contribution in [1.82, 2.24) is 9.97 Å². The maximum atomic E-state index is 12.6. The number of pyridine rings is 2. The number of carbonyl (C=O) groups excluding carboxylic acids is 1. The third kappa shape index (κ3) is 4.00. The normalized spacial score (nSPS) is 10.9. The molecule has 140 valence electrons. The van der Waals surface area contributed by atoms with E-state index in [0.717, 1.165) is 28.1 Å². The molecule has 3 aromatic rings. The molecular formula is C21H23N3O3. The van der Waals surface area contributed by atoms with Gasteiger partial charge in [0.15, 0.2) is 5.65 Å². The van der Waals surface area contributed by atoms with E-state index in [4.69, 9.17) is 9.47 Å². The first kappa shape index (κ1) is 18.6. The molecule has 0 spiro atoms. The smallest absolute Gasteiger partial charge is 0.342 e. The quantitative estimate of drug-likeness (QED) is 0.668. The third-order valence-corrected chi connectivity index (χ3v) is 4.12. The number of carbonyl (C=O) groups is 1. The van der Waals surface area contributed by atoms with Gasteiger partial charge in [-0.1, -0.05) is 0 Å². The van der Waals surface area contributed by atoms with Gasteiger partial charge in [-0.15, -0.1) is 0 Å². The number of aryl methyl sites for hydroxylation is 2. The number of benzene rings is 1. The van der Waals surface area contributed by atoms with Crippen LogP contribution in [0.5, 0.6) is 5.75 Å². The Kier molecular flexibility index (Phi) is 5.26. The summed E-state index contributed by atoms with van der Waals surface area (Å²) in [7, 11) is 1.63. The van der Waals surface area contributed by atoms with Crippen LogP contribution >= 0.6 is 0 Å². The molecule has 27 heavy (non-hydrogen) atoms. The molecule has 0 saturated heterocycles. The molecule has 0 aliphatic carbocycles. The van der Waals surface area contributed by atoms with Gasteiger partial charge in [-0.25, -0.2) is 14.8 Å². The van der Waals surface area contributed by atoms with Crippen LogP contribution in [-0.2, 0) is 4.74 Å². The molecule has 0 atom stereocenters. The number of hydrogen-bond donors (Lipinski definition) is 1. The van der Waals surface area contributed by atoms with E-state index in [1.807, 2.05) is 58.0 Å². The first-order valence-electron chi connectivity index (χ1n) is 8.78. The maximum Gasteiger partial charge on any atom is 0.342 e. The Hall–Kier alpha value is -3.15. The average molecular weight is 365 g/mol. The fraction of sp³-hybridized carbons (Fsp3) is 0.286. The first-order chi connectivity index (χ1) is 12.9. The van der Waals surface area contributed by atoms with Crippen LogP contribution in [0.1, 0.15) is 35.5 Å². The highest BCUT2D eigenvalue weighted by atomic mass is 16.5. The van der Waals surface area contributed by atoms with Gasteiger partial charge in [0.25, 0.3) is 0 Å². The number of rotatable bonds is 5. The van der Waals surface area contributed by atoms with Crippen molar-refractivity contribution in [3.8, 4) is 5.75 Å². The zero-order chi connectivity index (χ0) is 19.6. The van der Waals surface area contributed by atoms with Gasteiger partial charge in [0.05, 0.1) is 18.9 Å². The second-order valence-corrected chi connectivity index (χ2v) is 6.63. The predicted octanol–water partition coefficient (Wildman–Crippen LogP) is 4.56. The fourth-order valence-electron chi connectivity index (χ4n) is 2.78. The van der Waals surface area contributed by atoms with Crippen LogP contribution in [-0.4, -0.2) is 29.2 Å². The van der Waals surface area contributed by atoms with E-state index in [2.05, 4.69) is 15.3 Å². The van der Waals surface area contributed by atoms with Crippen molar-refractivity contribution in [2.45, 2.75) is 33.8 Å². The lowest BCUT2D eigenvalue weighted by Gasteiger charge is -2.17. The standard InChI is InChI=1S/C21H23N3O3/c1-12(2)27-21(25)17-11-22-20-16(8-6-14(4)23-20)19(17)24-18-9-7-15(26-5)10-13(18)3/h6-12H,1-5H3,(H,22,23,24). The SMILES string of the molecule is COc1ccc(Nc2c(C(=O)OC(C)C)cnc3nc(C)ccc23)c(C)c1. The predicted molar refractivity (Wildman–Crippen MR) is 106 cm³/mol. The Labute approximate surface area is 158 Å². The molecule has 3 rings (SSSR count). The van der Waals surface area contributed by atoms with Gasteiger partial charge in [0, 0.05) is 23.0 Å². The number of anilines is 2. The zero-order valence-electron chi connectivity index (χ0n) is 16.2. The molecule has 2 aromatic heterocycles. The summed E-state index contributed by atoms with van der Waals surface area (Å²) >= 11 is 0. The van der Waals surface area contributed by atoms with Crippen molar-refractivity contribution in [1.29, 1.82) is 0 Å². The van der Waals surface area contributed by atoms with Crippen LogP contribution in [0, 0.1) is 13.8 Å². The molecule has 6 nitrogen and oxygen atoms in total. The Balaban J connectivity index is 2.14. The van der Waals surface area contributed by atoms with Crippen LogP contribution in [0.3, 0.4) is 0 Å². The van der Waals surface area contributed by atoms with E-state index in [-0.39, 0.29) is 6.10 Å². The zero-order valence-corrected chi connectivity index (χ0v) is 16.2. The van der Waals surface area contributed by atoms with E-state index in [0.29, 0.717) is 16.9 Å². The number of esters is 1. The summed E-state index contributed by atoms with van der Waals surface area (Å²) in [4.78, 5) is 21.4. The van der Waals surface area contributed by atoms with Crippen molar-refractivity contribution < 1.29 is 14.3 Å². The molecule has 0 unspecified atom stereocenters. The van der Waals surface area contributed by atoms with Crippen molar-refractivity contribution in [2.24, 2.45) is 0 Å². The van der Waals surface area contributed by atoms with E-state index in [9.17, 15) is 4.79 Å². The molecule has 0 aliphatic rings. The molecule has 0 saturated carbocycles. The second kappa shape index (κ2) is 7.61. The lowest BCUT2D eigenvalue weighted by molar-refractivity contribution is 0.0379. The molecule has 0 bridgehead atoms. The number of ether oxygens (including phenoxy) is 2. The molecule has 0 amide bonds. The lowest BCUT2D eigenvalue weighted by atomic mass is 10.1. The highest BCUT2D eigenvalue weighted by molar-refractivity contribution is 6.05. The molecule has 6 heteroatoms. The molecule has 0 aliphatic heterocycles. The van der Waals surface area contributed by atoms with Crippen molar-refractivity contribution >= 4 is 28.4 Å². The van der Waals surface area contributed by atoms with Crippen molar-refractivity contribution in [3.05, 3.63) is 53.3 Å². The number of aromatic nitrogens is 2. The van der Waals surface area contributed by atoms with Gasteiger partial charge in [0.1, 0.15) is 11.3 Å². The number of nitrogens with one attached hydrogen (secondary N) is 1. The number of fused-ring (bicyclic) bond motifs is 1. The minimum absolute atomic E-state index is 0.222. The fourth-order valence-corrected chi connectivity index (χ4v) is 2.78. The highest BCUT2D eigenvalue weighted by Crippen LogP contribution is 2.31. The van der Waals surface area contributed by atoms with Crippen molar-refractivity contribution in [3.63, 3.8) is 0 Å². The lowest BCUT2D eigenvalue weighted by Crippen LogP contribution is -2.14. The maximum absolute atomic E-state index is 12.6. The molecule has 1 aromatic carbocycles. The first-order valence-corrected chi connectivity index (χ1v) is 8.78. The van der Waals surface area contributed by atoms with E-state index >= 15 is 0 Å². The highest BCUT2D eigenvalue weighted by Gasteiger charge is 2.19. The summed E-state index contributed by atoms with van der Waals surface area (Å²) in [6.07, 6.45) is 1.29. The van der Waals surface area contributed by atoms with Crippen LogP contribution in [0.2, 0.25) is 0 Å². The van der Waals surface area contributed by atoms with Gasteiger partial charge in [0.2, 0.25) is 0 Å². The van der Waals surface area contributed by atoms with Gasteiger partial charge >= 0.3 is 5.97 Å². The van der Waals surface area contributed by atoms with Gasteiger partial charge in [-0.2, -0.15) is 0 Å². The minimum Gasteiger partial charge on any atom is -0.497 e. The Morgan fingerprint density at radius 3 is 2.59 bits per heavy atom. The second-order valence-electron chi connectivity index (χ2n) is 6.63. The number of methoxy groups -OCH3 is 1. The Morgan fingerprint density at radius 1 is 1.15 bits per heavy atom. The van der Waals surface area contributed by atoms with Crippen LogP contribution in [0.25, 0.3) is 11.0 Å². The van der Waals surface area contributed by atoms with Crippen molar-refractivity contribution in [2.75, 3.05) is 12.4 Å². The molecule has 0 radical (unpaired) electrons. The van der Waals surface area contributed by atoms with E-state index in [1.165, 1.54) is 6.20 Å². The van der Waals surface area contributed by atoms with Crippen LogP contribution < -0.4 is 10.1 Å². The average Bonchev–Trinajstić information content (AvgIpc) is 2.62. The van der Waals surface area contributed by atoms with Gasteiger partial charge in [-0.3, -0.25) is 0 Å². The Bertz CT molecular complexity index is 999. The van der Waals surface area contributed by atoms with Gasteiger partial charge in [-0.05, 0) is 63.6 Å².